The third kappa shape index (κ3) is 4.02. The van der Waals surface area contributed by atoms with E-state index < -0.39 is 0 Å². The molecule has 0 radical (unpaired) electrons. The van der Waals surface area contributed by atoms with E-state index in [1.165, 1.54) is 5.56 Å². The number of carbonyl (C=O) groups excluding carboxylic acids is 1. The first kappa shape index (κ1) is 15.4. The summed E-state index contributed by atoms with van der Waals surface area (Å²) < 4.78 is 0. The zero-order valence-corrected chi connectivity index (χ0v) is 14.0. The van der Waals surface area contributed by atoms with Gasteiger partial charge >= 0.3 is 0 Å². The molecule has 0 saturated carbocycles. The quantitative estimate of drug-likeness (QED) is 0.775. The van der Waals surface area contributed by atoms with Gasteiger partial charge in [-0.15, -0.1) is 11.3 Å². The second-order valence-electron chi connectivity index (χ2n) is 5.23. The van der Waals surface area contributed by atoms with Crippen molar-refractivity contribution in [3.63, 3.8) is 0 Å². The van der Waals surface area contributed by atoms with Crippen LogP contribution in [0.2, 0.25) is 0 Å². The highest BCUT2D eigenvalue weighted by molar-refractivity contribution is 7.99. The molecule has 1 aromatic carbocycles. The van der Waals surface area contributed by atoms with Crippen molar-refractivity contribution in [3.8, 4) is 0 Å². The molecule has 1 aliphatic heterocycles. The topological polar surface area (TPSA) is 20.3 Å². The second-order valence-corrected chi connectivity index (χ2v) is 7.52. The molecule has 4 heteroatoms. The highest BCUT2D eigenvalue weighted by Crippen LogP contribution is 2.34. The number of amides is 1. The fraction of sp³-hybridized carbons (Fsp3) is 0.278. The summed E-state index contributed by atoms with van der Waals surface area (Å²) in [5.41, 5.74) is 1.37. The van der Waals surface area contributed by atoms with E-state index in [1.807, 2.05) is 40.3 Å². The van der Waals surface area contributed by atoms with Gasteiger partial charge in [0.2, 0.25) is 5.91 Å². The van der Waals surface area contributed by atoms with Crippen molar-refractivity contribution in [2.24, 2.45) is 0 Å². The molecule has 1 atom stereocenters. The van der Waals surface area contributed by atoms with Crippen LogP contribution in [0, 0.1) is 0 Å². The van der Waals surface area contributed by atoms with Gasteiger partial charge in [0.15, 0.2) is 0 Å². The number of thiophene rings is 1. The van der Waals surface area contributed by atoms with E-state index in [-0.39, 0.29) is 5.91 Å². The lowest BCUT2D eigenvalue weighted by atomic mass is 10.1. The van der Waals surface area contributed by atoms with Crippen molar-refractivity contribution in [2.75, 3.05) is 18.8 Å². The number of hydrogen-bond donors (Lipinski definition) is 0. The van der Waals surface area contributed by atoms with Crippen molar-refractivity contribution in [1.29, 1.82) is 0 Å². The summed E-state index contributed by atoms with van der Waals surface area (Å²) in [7, 11) is 0. The lowest BCUT2D eigenvalue weighted by Gasteiger charge is -2.18. The van der Waals surface area contributed by atoms with Crippen molar-refractivity contribution in [2.45, 2.75) is 11.7 Å². The maximum Gasteiger partial charge on any atom is 0.246 e. The molecule has 1 aromatic heterocycles. The lowest BCUT2D eigenvalue weighted by molar-refractivity contribution is -0.125. The van der Waals surface area contributed by atoms with E-state index in [2.05, 4.69) is 30.3 Å². The first-order valence-electron chi connectivity index (χ1n) is 7.50. The van der Waals surface area contributed by atoms with Gasteiger partial charge in [-0.3, -0.25) is 4.79 Å². The van der Waals surface area contributed by atoms with Gasteiger partial charge in [-0.25, -0.2) is 0 Å². The molecule has 0 spiro atoms. The van der Waals surface area contributed by atoms with Crippen LogP contribution in [0.5, 0.6) is 0 Å². The number of benzene rings is 1. The number of thioether (sulfide) groups is 1. The van der Waals surface area contributed by atoms with E-state index in [0.717, 1.165) is 30.1 Å². The van der Waals surface area contributed by atoms with Crippen LogP contribution in [0.4, 0.5) is 0 Å². The molecular formula is C18H19NOS2. The maximum atomic E-state index is 12.3. The lowest BCUT2D eigenvalue weighted by Crippen LogP contribution is -2.31. The Morgan fingerprint density at radius 2 is 2.00 bits per heavy atom. The minimum atomic E-state index is 0.128. The highest BCUT2D eigenvalue weighted by atomic mass is 32.2. The number of nitrogens with zero attached hydrogens (tertiary/aromatic N) is 1. The summed E-state index contributed by atoms with van der Waals surface area (Å²) in [6.07, 6.45) is 4.65. The minimum absolute atomic E-state index is 0.128. The molecular weight excluding hydrogens is 310 g/mol. The summed E-state index contributed by atoms with van der Waals surface area (Å²) in [6, 6.07) is 14.6. The number of hydrogen-bond acceptors (Lipinski definition) is 3. The first-order chi connectivity index (χ1) is 10.8. The summed E-state index contributed by atoms with van der Waals surface area (Å²) >= 11 is 3.61. The van der Waals surface area contributed by atoms with Gasteiger partial charge < -0.3 is 4.90 Å². The van der Waals surface area contributed by atoms with Gasteiger partial charge in [-0.1, -0.05) is 36.4 Å². The van der Waals surface area contributed by atoms with Crippen LogP contribution in [-0.2, 0) is 4.79 Å². The standard InChI is InChI=1S/C18H19NOS2/c20-18(9-8-16-7-4-13-21-16)19-11-10-17(22-14-12-19)15-5-2-1-3-6-15/h1-9,13,17H,10-12,14H2/b9-8+. The normalized spacial score (nSPS) is 19.3. The third-order valence-electron chi connectivity index (χ3n) is 3.76. The molecule has 1 saturated heterocycles. The third-order valence-corrected chi connectivity index (χ3v) is 5.92. The Bertz CT molecular complexity index is 622. The van der Waals surface area contributed by atoms with Crippen molar-refractivity contribution in [1.82, 2.24) is 4.90 Å². The molecule has 114 valence electrons. The van der Waals surface area contributed by atoms with E-state index in [4.69, 9.17) is 0 Å². The largest absolute Gasteiger partial charge is 0.338 e. The SMILES string of the molecule is O=C(/C=C/c1cccs1)N1CCSC(c2ccccc2)CC1. The van der Waals surface area contributed by atoms with Gasteiger partial charge in [-0.05, 0) is 29.5 Å². The molecule has 22 heavy (non-hydrogen) atoms. The smallest absolute Gasteiger partial charge is 0.246 e. The van der Waals surface area contributed by atoms with Gasteiger partial charge in [0.05, 0.1) is 0 Å². The molecule has 0 bridgehead atoms. The van der Waals surface area contributed by atoms with Crippen LogP contribution in [0.15, 0.2) is 53.9 Å². The average Bonchev–Trinajstić information content (AvgIpc) is 2.96. The van der Waals surface area contributed by atoms with E-state index in [0.29, 0.717) is 5.25 Å². The van der Waals surface area contributed by atoms with Crippen molar-refractivity contribution >= 4 is 35.1 Å². The van der Waals surface area contributed by atoms with Crippen LogP contribution in [0.3, 0.4) is 0 Å². The summed E-state index contributed by atoms with van der Waals surface area (Å²) in [5.74, 6) is 1.13. The van der Waals surface area contributed by atoms with Crippen LogP contribution in [0.1, 0.15) is 22.1 Å². The molecule has 0 aliphatic carbocycles. The van der Waals surface area contributed by atoms with Crippen LogP contribution in [-0.4, -0.2) is 29.6 Å². The molecule has 0 N–H and O–H groups in total. The van der Waals surface area contributed by atoms with Gasteiger partial charge in [0.1, 0.15) is 0 Å². The van der Waals surface area contributed by atoms with Crippen LogP contribution < -0.4 is 0 Å². The molecule has 3 rings (SSSR count). The zero-order chi connectivity index (χ0) is 15.2. The van der Waals surface area contributed by atoms with Gasteiger partial charge in [0, 0.05) is 35.0 Å². The molecule has 2 aromatic rings. The molecule has 2 nitrogen and oxygen atoms in total. The van der Waals surface area contributed by atoms with E-state index in [9.17, 15) is 4.79 Å². The molecule has 1 amide bonds. The van der Waals surface area contributed by atoms with Crippen LogP contribution in [0.25, 0.3) is 6.08 Å². The summed E-state index contributed by atoms with van der Waals surface area (Å²) in [4.78, 5) is 15.4. The van der Waals surface area contributed by atoms with E-state index in [1.54, 1.807) is 17.4 Å². The molecule has 1 unspecified atom stereocenters. The molecule has 1 fully saturated rings. The Morgan fingerprint density at radius 1 is 1.14 bits per heavy atom. The zero-order valence-electron chi connectivity index (χ0n) is 12.4. The van der Waals surface area contributed by atoms with E-state index >= 15 is 0 Å². The highest BCUT2D eigenvalue weighted by Gasteiger charge is 2.20. The monoisotopic (exact) mass is 329 g/mol. The predicted molar refractivity (Wildman–Crippen MR) is 96.2 cm³/mol. The van der Waals surface area contributed by atoms with Gasteiger partial charge in [-0.2, -0.15) is 11.8 Å². The second kappa shape index (κ2) is 7.65. The number of rotatable bonds is 3. The first-order valence-corrected chi connectivity index (χ1v) is 9.43. The molecule has 1 aliphatic rings. The average molecular weight is 329 g/mol. The van der Waals surface area contributed by atoms with Gasteiger partial charge in [0.25, 0.3) is 0 Å². The Kier molecular flexibility index (Phi) is 5.35. The Labute approximate surface area is 139 Å². The maximum absolute atomic E-state index is 12.3. The predicted octanol–water partition coefficient (Wildman–Crippen LogP) is 4.47. The Balaban J connectivity index is 1.59. The minimum Gasteiger partial charge on any atom is -0.338 e. The molecule has 2 heterocycles. The summed E-state index contributed by atoms with van der Waals surface area (Å²) in [6.45, 7) is 1.67. The summed E-state index contributed by atoms with van der Waals surface area (Å²) in [5, 5.41) is 2.53. The van der Waals surface area contributed by atoms with Crippen molar-refractivity contribution < 1.29 is 4.79 Å². The Morgan fingerprint density at radius 3 is 2.77 bits per heavy atom. The fourth-order valence-corrected chi connectivity index (χ4v) is 4.42. The Hall–Kier alpha value is -1.52. The van der Waals surface area contributed by atoms with Crippen molar-refractivity contribution in [3.05, 3.63) is 64.4 Å². The number of carbonyl (C=O) groups is 1. The fourth-order valence-electron chi connectivity index (χ4n) is 2.57. The van der Waals surface area contributed by atoms with Crippen LogP contribution >= 0.6 is 23.1 Å².